The Kier molecular flexibility index (Phi) is 4.16. The maximum absolute atomic E-state index is 9.51. The molecular weight excluding hydrogens is 230 g/mol. The van der Waals surface area contributed by atoms with Crippen molar-refractivity contribution >= 4 is 5.82 Å². The summed E-state index contributed by atoms with van der Waals surface area (Å²) in [7, 11) is 0. The maximum Gasteiger partial charge on any atom is 0.128 e. The molecule has 3 unspecified atom stereocenters. The topological polar surface area (TPSA) is 68.6 Å². The van der Waals surface area contributed by atoms with Crippen LogP contribution in [0.5, 0.6) is 0 Å². The van der Waals surface area contributed by atoms with Crippen molar-refractivity contribution in [1.82, 2.24) is 10.3 Å². The van der Waals surface area contributed by atoms with E-state index in [2.05, 4.69) is 24.1 Å². The molecule has 1 aliphatic heterocycles. The van der Waals surface area contributed by atoms with Gasteiger partial charge in [-0.05, 0) is 25.1 Å². The number of aliphatic hydroxyl groups is 2. The van der Waals surface area contributed by atoms with Gasteiger partial charge in [-0.2, -0.15) is 0 Å². The van der Waals surface area contributed by atoms with Gasteiger partial charge in [-0.15, -0.1) is 0 Å². The molecule has 0 saturated carbocycles. The Bertz CT molecular complexity index is 372. The second-order valence-corrected chi connectivity index (χ2v) is 4.77. The average Bonchev–Trinajstić information content (AvgIpc) is 2.70. The number of β-amino-alcohol motifs (C(OH)–C–C–N with tert-alkyl or cyclic N) is 2. The SMILES string of the molecule is CCNC(C)c1ccc(N2CC(O)C(O)C2)nc1. The van der Waals surface area contributed by atoms with Gasteiger partial charge >= 0.3 is 0 Å². The first-order chi connectivity index (χ1) is 8.61. The summed E-state index contributed by atoms with van der Waals surface area (Å²) >= 11 is 0. The van der Waals surface area contributed by atoms with Crippen LogP contribution in [-0.2, 0) is 0 Å². The van der Waals surface area contributed by atoms with Crippen molar-refractivity contribution in [3.05, 3.63) is 23.9 Å². The molecule has 0 aromatic carbocycles. The largest absolute Gasteiger partial charge is 0.389 e. The average molecular weight is 251 g/mol. The highest BCUT2D eigenvalue weighted by atomic mass is 16.3. The minimum Gasteiger partial charge on any atom is -0.389 e. The summed E-state index contributed by atoms with van der Waals surface area (Å²) in [5.74, 6) is 0.804. The molecule has 2 rings (SSSR count). The fourth-order valence-electron chi connectivity index (χ4n) is 2.22. The molecule has 1 aromatic heterocycles. The molecule has 1 aliphatic rings. The second-order valence-electron chi connectivity index (χ2n) is 4.77. The van der Waals surface area contributed by atoms with E-state index in [-0.39, 0.29) is 6.04 Å². The molecule has 3 atom stereocenters. The van der Waals surface area contributed by atoms with Crippen LogP contribution >= 0.6 is 0 Å². The van der Waals surface area contributed by atoms with E-state index in [4.69, 9.17) is 0 Å². The van der Waals surface area contributed by atoms with E-state index in [1.807, 2.05) is 23.2 Å². The summed E-state index contributed by atoms with van der Waals surface area (Å²) in [6, 6.07) is 4.26. The molecule has 0 bridgehead atoms. The summed E-state index contributed by atoms with van der Waals surface area (Å²) in [4.78, 5) is 6.30. The Morgan fingerprint density at radius 2 is 2.06 bits per heavy atom. The van der Waals surface area contributed by atoms with Crippen LogP contribution in [0.15, 0.2) is 18.3 Å². The number of anilines is 1. The van der Waals surface area contributed by atoms with Crippen molar-refractivity contribution in [3.63, 3.8) is 0 Å². The zero-order chi connectivity index (χ0) is 13.1. The van der Waals surface area contributed by atoms with Gasteiger partial charge in [-0.25, -0.2) is 4.98 Å². The van der Waals surface area contributed by atoms with Gasteiger partial charge in [-0.1, -0.05) is 13.0 Å². The molecule has 18 heavy (non-hydrogen) atoms. The minimum absolute atomic E-state index is 0.284. The first-order valence-electron chi connectivity index (χ1n) is 6.42. The van der Waals surface area contributed by atoms with Crippen molar-refractivity contribution in [2.24, 2.45) is 0 Å². The molecular formula is C13H21N3O2. The van der Waals surface area contributed by atoms with Gasteiger partial charge in [0.05, 0.1) is 12.2 Å². The quantitative estimate of drug-likeness (QED) is 0.718. The van der Waals surface area contributed by atoms with Crippen molar-refractivity contribution < 1.29 is 10.2 Å². The van der Waals surface area contributed by atoms with Crippen LogP contribution in [0.3, 0.4) is 0 Å². The molecule has 100 valence electrons. The fourth-order valence-corrected chi connectivity index (χ4v) is 2.22. The van der Waals surface area contributed by atoms with Gasteiger partial charge in [0.25, 0.3) is 0 Å². The summed E-state index contributed by atoms with van der Waals surface area (Å²) in [5, 5.41) is 22.4. The van der Waals surface area contributed by atoms with E-state index in [9.17, 15) is 10.2 Å². The predicted octanol–water partition coefficient (Wildman–Crippen LogP) is 0.294. The molecule has 0 aliphatic carbocycles. The van der Waals surface area contributed by atoms with Crippen LogP contribution in [0.4, 0.5) is 5.82 Å². The minimum atomic E-state index is -0.674. The molecule has 0 amide bonds. The van der Waals surface area contributed by atoms with Gasteiger partial charge in [-0.3, -0.25) is 0 Å². The van der Waals surface area contributed by atoms with E-state index < -0.39 is 12.2 Å². The van der Waals surface area contributed by atoms with Crippen LogP contribution < -0.4 is 10.2 Å². The Labute approximate surface area is 107 Å². The Morgan fingerprint density at radius 3 is 2.56 bits per heavy atom. The summed E-state index contributed by atoms with van der Waals surface area (Å²) in [5.41, 5.74) is 1.14. The number of rotatable bonds is 4. The number of aromatic nitrogens is 1. The summed E-state index contributed by atoms with van der Waals surface area (Å²) in [6.07, 6.45) is 0.499. The van der Waals surface area contributed by atoms with Crippen LogP contribution in [0, 0.1) is 0 Å². The van der Waals surface area contributed by atoms with Crippen LogP contribution in [0.25, 0.3) is 0 Å². The molecule has 0 spiro atoms. The van der Waals surface area contributed by atoms with E-state index in [1.165, 1.54) is 0 Å². The maximum atomic E-state index is 9.51. The molecule has 2 heterocycles. The number of hydrogen-bond donors (Lipinski definition) is 3. The number of aliphatic hydroxyl groups excluding tert-OH is 2. The Hall–Kier alpha value is -1.17. The number of hydrogen-bond acceptors (Lipinski definition) is 5. The van der Waals surface area contributed by atoms with Gasteiger partial charge in [0.15, 0.2) is 0 Å². The molecule has 3 N–H and O–H groups in total. The fraction of sp³-hybridized carbons (Fsp3) is 0.615. The van der Waals surface area contributed by atoms with Crippen LogP contribution in [0.1, 0.15) is 25.5 Å². The summed E-state index contributed by atoms with van der Waals surface area (Å²) in [6.45, 7) is 5.98. The monoisotopic (exact) mass is 251 g/mol. The van der Waals surface area contributed by atoms with Gasteiger partial charge in [0, 0.05) is 25.3 Å². The third-order valence-corrected chi connectivity index (χ3v) is 3.36. The zero-order valence-corrected chi connectivity index (χ0v) is 10.9. The van der Waals surface area contributed by atoms with Gasteiger partial charge < -0.3 is 20.4 Å². The van der Waals surface area contributed by atoms with E-state index in [0.29, 0.717) is 13.1 Å². The van der Waals surface area contributed by atoms with E-state index in [0.717, 1.165) is 17.9 Å². The van der Waals surface area contributed by atoms with Crippen LogP contribution in [0.2, 0.25) is 0 Å². The molecule has 5 nitrogen and oxygen atoms in total. The third-order valence-electron chi connectivity index (χ3n) is 3.36. The third kappa shape index (κ3) is 2.80. The van der Waals surface area contributed by atoms with Crippen molar-refractivity contribution in [1.29, 1.82) is 0 Å². The molecule has 1 aromatic rings. The number of nitrogens with zero attached hydrogens (tertiary/aromatic N) is 2. The second kappa shape index (κ2) is 5.65. The molecule has 1 fully saturated rings. The Balaban J connectivity index is 2.04. The van der Waals surface area contributed by atoms with E-state index >= 15 is 0 Å². The first kappa shape index (κ1) is 13.3. The lowest BCUT2D eigenvalue weighted by Crippen LogP contribution is -2.22. The Morgan fingerprint density at radius 1 is 1.39 bits per heavy atom. The van der Waals surface area contributed by atoms with Crippen molar-refractivity contribution in [2.75, 3.05) is 24.5 Å². The number of pyridine rings is 1. The highest BCUT2D eigenvalue weighted by Crippen LogP contribution is 2.20. The zero-order valence-electron chi connectivity index (χ0n) is 10.9. The normalized spacial score (nSPS) is 25.4. The van der Waals surface area contributed by atoms with Crippen molar-refractivity contribution in [2.45, 2.75) is 32.1 Å². The molecule has 5 heteroatoms. The smallest absolute Gasteiger partial charge is 0.128 e. The lowest BCUT2D eigenvalue weighted by molar-refractivity contribution is 0.0572. The highest BCUT2D eigenvalue weighted by molar-refractivity contribution is 5.41. The number of nitrogens with one attached hydrogen (secondary N) is 1. The summed E-state index contributed by atoms with van der Waals surface area (Å²) < 4.78 is 0. The predicted molar refractivity (Wildman–Crippen MR) is 70.6 cm³/mol. The molecule has 1 saturated heterocycles. The van der Waals surface area contributed by atoms with Gasteiger partial charge in [0.2, 0.25) is 0 Å². The van der Waals surface area contributed by atoms with Crippen LogP contribution in [-0.4, -0.2) is 47.0 Å². The van der Waals surface area contributed by atoms with Crippen molar-refractivity contribution in [3.8, 4) is 0 Å². The van der Waals surface area contributed by atoms with Gasteiger partial charge in [0.1, 0.15) is 5.82 Å². The lowest BCUT2D eigenvalue weighted by atomic mass is 10.1. The molecule has 0 radical (unpaired) electrons. The first-order valence-corrected chi connectivity index (χ1v) is 6.42. The lowest BCUT2D eigenvalue weighted by Gasteiger charge is -2.18. The standard InChI is InChI=1S/C13H21N3O2/c1-3-14-9(2)10-4-5-13(15-6-10)16-7-11(17)12(18)8-16/h4-6,9,11-12,14,17-18H,3,7-8H2,1-2H3. The van der Waals surface area contributed by atoms with E-state index in [1.54, 1.807) is 0 Å². The highest BCUT2D eigenvalue weighted by Gasteiger charge is 2.30.